The van der Waals surface area contributed by atoms with Gasteiger partial charge in [-0.05, 0) is 32.2 Å². The first-order valence-electron chi connectivity index (χ1n) is 7.57. The SMILES string of the molecule is CCCc1nccn1CCCC(CC)(CO)NCC. The molecule has 0 radical (unpaired) electrons. The van der Waals surface area contributed by atoms with Gasteiger partial charge in [0, 0.05) is 30.9 Å². The molecular formula is C15H29N3O. The Bertz CT molecular complexity index is 345. The van der Waals surface area contributed by atoms with Crippen molar-refractivity contribution in [3.63, 3.8) is 0 Å². The van der Waals surface area contributed by atoms with Gasteiger partial charge in [-0.3, -0.25) is 0 Å². The fourth-order valence-corrected chi connectivity index (χ4v) is 2.60. The Kier molecular flexibility index (Phi) is 7.10. The molecule has 0 saturated carbocycles. The predicted octanol–water partition coefficient (Wildman–Crippen LogP) is 2.37. The molecule has 1 heterocycles. The predicted molar refractivity (Wildman–Crippen MR) is 79.2 cm³/mol. The minimum absolute atomic E-state index is 0.111. The van der Waals surface area contributed by atoms with E-state index in [1.807, 2.05) is 6.20 Å². The molecule has 2 N–H and O–H groups in total. The number of nitrogens with one attached hydrogen (secondary N) is 1. The molecule has 0 amide bonds. The average Bonchev–Trinajstić information content (AvgIpc) is 2.86. The minimum Gasteiger partial charge on any atom is -0.394 e. The zero-order valence-electron chi connectivity index (χ0n) is 12.7. The number of aryl methyl sites for hydroxylation is 2. The maximum Gasteiger partial charge on any atom is 0.108 e. The Morgan fingerprint density at radius 3 is 2.74 bits per heavy atom. The van der Waals surface area contributed by atoms with Crippen LogP contribution in [-0.4, -0.2) is 33.3 Å². The van der Waals surface area contributed by atoms with Gasteiger partial charge in [0.1, 0.15) is 5.82 Å². The maximum absolute atomic E-state index is 9.62. The molecule has 1 unspecified atom stereocenters. The second-order valence-electron chi connectivity index (χ2n) is 5.21. The number of aliphatic hydroxyl groups excluding tert-OH is 1. The number of hydrogen-bond donors (Lipinski definition) is 2. The molecule has 4 heteroatoms. The van der Waals surface area contributed by atoms with Gasteiger partial charge < -0.3 is 15.0 Å². The van der Waals surface area contributed by atoms with Crippen molar-refractivity contribution in [3.05, 3.63) is 18.2 Å². The molecule has 1 aromatic rings. The lowest BCUT2D eigenvalue weighted by molar-refractivity contribution is 0.144. The van der Waals surface area contributed by atoms with E-state index in [-0.39, 0.29) is 12.1 Å². The molecule has 1 atom stereocenters. The summed E-state index contributed by atoms with van der Waals surface area (Å²) in [5, 5.41) is 13.1. The summed E-state index contributed by atoms with van der Waals surface area (Å²) in [4.78, 5) is 4.40. The van der Waals surface area contributed by atoms with E-state index in [2.05, 4.69) is 41.8 Å². The lowest BCUT2D eigenvalue weighted by Crippen LogP contribution is -2.48. The van der Waals surface area contributed by atoms with Gasteiger partial charge in [-0.25, -0.2) is 4.98 Å². The quantitative estimate of drug-likeness (QED) is 0.684. The third kappa shape index (κ3) is 4.62. The van der Waals surface area contributed by atoms with Crippen LogP contribution in [0, 0.1) is 0 Å². The van der Waals surface area contributed by atoms with Crippen LogP contribution in [0.5, 0.6) is 0 Å². The fourth-order valence-electron chi connectivity index (χ4n) is 2.60. The standard InChI is InChI=1S/C15H29N3O/c1-4-8-14-16-10-12-18(14)11-7-9-15(5-2,13-19)17-6-3/h10,12,17,19H,4-9,11,13H2,1-3H3. The van der Waals surface area contributed by atoms with Gasteiger partial charge in [-0.15, -0.1) is 0 Å². The molecule has 0 aromatic carbocycles. The smallest absolute Gasteiger partial charge is 0.108 e. The zero-order valence-corrected chi connectivity index (χ0v) is 12.7. The van der Waals surface area contributed by atoms with Crippen molar-refractivity contribution in [2.75, 3.05) is 13.2 Å². The van der Waals surface area contributed by atoms with Crippen LogP contribution in [-0.2, 0) is 13.0 Å². The summed E-state index contributed by atoms with van der Waals surface area (Å²) in [5.74, 6) is 1.18. The topological polar surface area (TPSA) is 50.1 Å². The van der Waals surface area contributed by atoms with Gasteiger partial charge >= 0.3 is 0 Å². The van der Waals surface area contributed by atoms with Crippen LogP contribution < -0.4 is 5.32 Å². The van der Waals surface area contributed by atoms with Crippen molar-refractivity contribution >= 4 is 0 Å². The van der Waals surface area contributed by atoms with Crippen LogP contribution in [0.1, 0.15) is 52.3 Å². The summed E-state index contributed by atoms with van der Waals surface area (Å²) in [5.41, 5.74) is -0.111. The van der Waals surface area contributed by atoms with Crippen molar-refractivity contribution in [2.24, 2.45) is 0 Å². The minimum atomic E-state index is -0.111. The van der Waals surface area contributed by atoms with Crippen LogP contribution >= 0.6 is 0 Å². The highest BCUT2D eigenvalue weighted by Crippen LogP contribution is 2.18. The Morgan fingerprint density at radius 2 is 2.16 bits per heavy atom. The largest absolute Gasteiger partial charge is 0.394 e. The maximum atomic E-state index is 9.62. The van der Waals surface area contributed by atoms with E-state index in [1.54, 1.807) is 0 Å². The Balaban J connectivity index is 2.49. The molecule has 1 rings (SSSR count). The van der Waals surface area contributed by atoms with E-state index < -0.39 is 0 Å². The van der Waals surface area contributed by atoms with Crippen molar-refractivity contribution < 1.29 is 5.11 Å². The number of nitrogens with zero attached hydrogens (tertiary/aromatic N) is 2. The second-order valence-corrected chi connectivity index (χ2v) is 5.21. The number of rotatable bonds is 10. The molecule has 4 nitrogen and oxygen atoms in total. The third-order valence-corrected chi connectivity index (χ3v) is 3.86. The summed E-state index contributed by atoms with van der Waals surface area (Å²) in [6.07, 6.45) is 9.14. The van der Waals surface area contributed by atoms with E-state index in [1.165, 1.54) is 5.82 Å². The number of likely N-dealkylation sites (N-methyl/N-ethyl adjacent to an activating group) is 1. The molecule has 0 fully saturated rings. The van der Waals surface area contributed by atoms with Crippen LogP contribution in [0.2, 0.25) is 0 Å². The Morgan fingerprint density at radius 1 is 1.37 bits per heavy atom. The Hall–Kier alpha value is -0.870. The molecule has 19 heavy (non-hydrogen) atoms. The molecular weight excluding hydrogens is 238 g/mol. The van der Waals surface area contributed by atoms with Crippen LogP contribution in [0.25, 0.3) is 0 Å². The van der Waals surface area contributed by atoms with Crippen molar-refractivity contribution in [1.82, 2.24) is 14.9 Å². The van der Waals surface area contributed by atoms with Gasteiger partial charge in [-0.1, -0.05) is 20.8 Å². The normalized spacial score (nSPS) is 14.5. The number of hydrogen-bond acceptors (Lipinski definition) is 3. The molecule has 1 aromatic heterocycles. The molecule has 0 aliphatic heterocycles. The van der Waals surface area contributed by atoms with Gasteiger partial charge in [-0.2, -0.15) is 0 Å². The molecule has 110 valence electrons. The molecule has 0 spiro atoms. The zero-order chi connectivity index (χ0) is 14.1. The lowest BCUT2D eigenvalue weighted by Gasteiger charge is -2.32. The van der Waals surface area contributed by atoms with E-state index in [9.17, 15) is 5.11 Å². The van der Waals surface area contributed by atoms with Crippen molar-refractivity contribution in [1.29, 1.82) is 0 Å². The lowest BCUT2D eigenvalue weighted by atomic mass is 9.91. The summed E-state index contributed by atoms with van der Waals surface area (Å²) in [7, 11) is 0. The number of aromatic nitrogens is 2. The van der Waals surface area contributed by atoms with Crippen LogP contribution in [0.3, 0.4) is 0 Å². The Labute approximate surface area is 117 Å². The molecule has 0 bridgehead atoms. The second kappa shape index (κ2) is 8.33. The van der Waals surface area contributed by atoms with Crippen molar-refractivity contribution in [2.45, 2.75) is 65.0 Å². The monoisotopic (exact) mass is 267 g/mol. The highest BCUT2D eigenvalue weighted by molar-refractivity contribution is 4.93. The average molecular weight is 267 g/mol. The highest BCUT2D eigenvalue weighted by atomic mass is 16.3. The van der Waals surface area contributed by atoms with E-state index in [0.29, 0.717) is 0 Å². The first kappa shape index (κ1) is 16.2. The van der Waals surface area contributed by atoms with Crippen LogP contribution in [0.4, 0.5) is 0 Å². The van der Waals surface area contributed by atoms with Gasteiger partial charge in [0.05, 0.1) is 6.61 Å². The number of imidazole rings is 1. The summed E-state index contributed by atoms with van der Waals surface area (Å²) < 4.78 is 2.24. The van der Waals surface area contributed by atoms with E-state index in [4.69, 9.17) is 0 Å². The van der Waals surface area contributed by atoms with E-state index in [0.717, 1.165) is 45.2 Å². The third-order valence-electron chi connectivity index (χ3n) is 3.86. The summed E-state index contributed by atoms with van der Waals surface area (Å²) in [6, 6.07) is 0. The first-order valence-corrected chi connectivity index (χ1v) is 7.57. The van der Waals surface area contributed by atoms with Crippen molar-refractivity contribution in [3.8, 4) is 0 Å². The van der Waals surface area contributed by atoms with Crippen LogP contribution in [0.15, 0.2) is 12.4 Å². The van der Waals surface area contributed by atoms with Gasteiger partial charge in [0.15, 0.2) is 0 Å². The fraction of sp³-hybridized carbons (Fsp3) is 0.800. The van der Waals surface area contributed by atoms with Gasteiger partial charge in [0.25, 0.3) is 0 Å². The molecule has 0 aliphatic carbocycles. The summed E-state index contributed by atoms with van der Waals surface area (Å²) in [6.45, 7) is 8.51. The first-order chi connectivity index (χ1) is 9.21. The summed E-state index contributed by atoms with van der Waals surface area (Å²) >= 11 is 0. The van der Waals surface area contributed by atoms with E-state index >= 15 is 0 Å². The molecule has 0 aliphatic rings. The highest BCUT2D eigenvalue weighted by Gasteiger charge is 2.25. The number of aliphatic hydroxyl groups is 1. The molecule has 0 saturated heterocycles. The van der Waals surface area contributed by atoms with Gasteiger partial charge in [0.2, 0.25) is 0 Å².